The third-order valence-corrected chi connectivity index (χ3v) is 5.07. The molecule has 0 bridgehead atoms. The highest BCUT2D eigenvalue weighted by Gasteiger charge is 2.40. The van der Waals surface area contributed by atoms with Crippen molar-refractivity contribution in [3.05, 3.63) is 29.3 Å². The van der Waals surface area contributed by atoms with E-state index in [0.29, 0.717) is 5.91 Å². The molecule has 3 heteroatoms. The maximum atomic E-state index is 12.9. The van der Waals surface area contributed by atoms with Crippen molar-refractivity contribution in [1.82, 2.24) is 4.90 Å². The average molecular weight is 272 g/mol. The molecule has 3 rings (SSSR count). The second-order valence-electron chi connectivity index (χ2n) is 7.01. The van der Waals surface area contributed by atoms with Crippen molar-refractivity contribution in [2.24, 2.45) is 11.3 Å². The van der Waals surface area contributed by atoms with Crippen LogP contribution in [0.3, 0.4) is 0 Å². The van der Waals surface area contributed by atoms with E-state index in [-0.39, 0.29) is 11.3 Å². The normalized spacial score (nSPS) is 24.5. The molecule has 1 saturated carbocycles. The summed E-state index contributed by atoms with van der Waals surface area (Å²) in [6.45, 7) is 5.97. The van der Waals surface area contributed by atoms with Gasteiger partial charge in [-0.15, -0.1) is 0 Å². The molecule has 1 aliphatic carbocycles. The lowest BCUT2D eigenvalue weighted by Crippen LogP contribution is -2.41. The Kier molecular flexibility index (Phi) is 3.23. The molecule has 0 aromatic heterocycles. The van der Waals surface area contributed by atoms with E-state index in [9.17, 15) is 4.79 Å². The third-order valence-electron chi connectivity index (χ3n) is 5.07. The highest BCUT2D eigenvalue weighted by molar-refractivity contribution is 5.80. The number of hydrogen-bond acceptors (Lipinski definition) is 2. The first-order chi connectivity index (χ1) is 9.47. The Morgan fingerprint density at radius 3 is 2.75 bits per heavy atom. The standard InChI is InChI=1S/C17H24N2O/c1-17(2)8-4-3-5-15(17)16(20)19-10-12-6-7-14(18)9-13(12)11-19/h6-7,9,15H,3-5,8,10-11,18H2,1-2H3. The molecule has 1 aromatic carbocycles. The highest BCUT2D eigenvalue weighted by Crippen LogP contribution is 2.42. The lowest BCUT2D eigenvalue weighted by molar-refractivity contribution is -0.141. The van der Waals surface area contributed by atoms with Gasteiger partial charge in [-0.2, -0.15) is 0 Å². The van der Waals surface area contributed by atoms with Gasteiger partial charge in [0, 0.05) is 24.7 Å². The van der Waals surface area contributed by atoms with Gasteiger partial charge in [0.2, 0.25) is 5.91 Å². The van der Waals surface area contributed by atoms with Crippen LogP contribution in [-0.2, 0) is 17.9 Å². The highest BCUT2D eigenvalue weighted by atomic mass is 16.2. The number of nitrogen functional groups attached to an aromatic ring is 1. The van der Waals surface area contributed by atoms with E-state index in [4.69, 9.17) is 5.73 Å². The van der Waals surface area contributed by atoms with Gasteiger partial charge in [0.25, 0.3) is 0 Å². The summed E-state index contributed by atoms with van der Waals surface area (Å²) >= 11 is 0. The average Bonchev–Trinajstić information content (AvgIpc) is 2.80. The number of amides is 1. The topological polar surface area (TPSA) is 46.3 Å². The second kappa shape index (κ2) is 4.80. The van der Waals surface area contributed by atoms with Gasteiger partial charge in [-0.25, -0.2) is 0 Å². The van der Waals surface area contributed by atoms with Crippen LogP contribution < -0.4 is 5.73 Å². The van der Waals surface area contributed by atoms with Crippen molar-refractivity contribution >= 4 is 11.6 Å². The molecule has 0 radical (unpaired) electrons. The molecule has 0 spiro atoms. The maximum Gasteiger partial charge on any atom is 0.226 e. The number of hydrogen-bond donors (Lipinski definition) is 1. The second-order valence-corrected chi connectivity index (χ2v) is 7.01. The summed E-state index contributed by atoms with van der Waals surface area (Å²) in [6.07, 6.45) is 4.65. The van der Waals surface area contributed by atoms with Gasteiger partial charge in [0.15, 0.2) is 0 Å². The summed E-state index contributed by atoms with van der Waals surface area (Å²) < 4.78 is 0. The molecule has 3 nitrogen and oxygen atoms in total. The summed E-state index contributed by atoms with van der Waals surface area (Å²) in [7, 11) is 0. The molecule has 1 amide bonds. The van der Waals surface area contributed by atoms with Crippen molar-refractivity contribution < 1.29 is 4.79 Å². The number of benzene rings is 1. The summed E-state index contributed by atoms with van der Waals surface area (Å²) in [6, 6.07) is 6.00. The number of nitrogens with zero attached hydrogens (tertiary/aromatic N) is 1. The molecule has 1 unspecified atom stereocenters. The first-order valence-electron chi connectivity index (χ1n) is 7.63. The van der Waals surface area contributed by atoms with Crippen LogP contribution >= 0.6 is 0 Å². The number of nitrogens with two attached hydrogens (primary N) is 1. The fourth-order valence-electron chi connectivity index (χ4n) is 3.74. The molecule has 1 fully saturated rings. The SMILES string of the molecule is CC1(C)CCCCC1C(=O)N1Cc2ccc(N)cc2C1. The zero-order valence-corrected chi connectivity index (χ0v) is 12.5. The van der Waals surface area contributed by atoms with E-state index >= 15 is 0 Å². The molecule has 0 saturated heterocycles. The van der Waals surface area contributed by atoms with E-state index in [0.717, 1.165) is 31.6 Å². The molecular weight excluding hydrogens is 248 g/mol. The van der Waals surface area contributed by atoms with Gasteiger partial charge in [0.05, 0.1) is 0 Å². The van der Waals surface area contributed by atoms with Crippen LogP contribution in [0.2, 0.25) is 0 Å². The Morgan fingerprint density at radius 1 is 1.25 bits per heavy atom. The van der Waals surface area contributed by atoms with E-state index in [2.05, 4.69) is 19.9 Å². The van der Waals surface area contributed by atoms with Gasteiger partial charge >= 0.3 is 0 Å². The lowest BCUT2D eigenvalue weighted by Gasteiger charge is -2.39. The van der Waals surface area contributed by atoms with Crippen LogP contribution in [0.1, 0.15) is 50.7 Å². The third kappa shape index (κ3) is 2.30. The Balaban J connectivity index is 1.77. The summed E-state index contributed by atoms with van der Waals surface area (Å²) in [5, 5.41) is 0. The van der Waals surface area contributed by atoms with E-state index in [1.807, 2.05) is 17.0 Å². The van der Waals surface area contributed by atoms with Gasteiger partial charge in [-0.05, 0) is 41.5 Å². The van der Waals surface area contributed by atoms with Crippen LogP contribution in [0.15, 0.2) is 18.2 Å². The van der Waals surface area contributed by atoms with Gasteiger partial charge in [-0.3, -0.25) is 4.79 Å². The van der Waals surface area contributed by atoms with Crippen molar-refractivity contribution in [3.63, 3.8) is 0 Å². The fourth-order valence-corrected chi connectivity index (χ4v) is 3.74. The molecule has 1 heterocycles. The first kappa shape index (κ1) is 13.5. The fraction of sp³-hybridized carbons (Fsp3) is 0.588. The first-order valence-corrected chi connectivity index (χ1v) is 7.63. The number of anilines is 1. The molecule has 108 valence electrons. The number of fused-ring (bicyclic) bond motifs is 1. The van der Waals surface area contributed by atoms with Crippen LogP contribution in [0.25, 0.3) is 0 Å². The Labute approximate surface area is 121 Å². The van der Waals surface area contributed by atoms with Crippen molar-refractivity contribution in [1.29, 1.82) is 0 Å². The number of rotatable bonds is 1. The molecule has 2 aliphatic rings. The Bertz CT molecular complexity index is 536. The molecule has 1 atom stereocenters. The van der Waals surface area contributed by atoms with Crippen LogP contribution in [-0.4, -0.2) is 10.8 Å². The largest absolute Gasteiger partial charge is 0.399 e. The maximum absolute atomic E-state index is 12.9. The number of carbonyl (C=O) groups excluding carboxylic acids is 1. The minimum atomic E-state index is 0.142. The summed E-state index contributed by atoms with van der Waals surface area (Å²) in [5.74, 6) is 0.521. The van der Waals surface area contributed by atoms with Gasteiger partial charge < -0.3 is 10.6 Å². The predicted octanol–water partition coefficient (Wildman–Crippen LogP) is 3.33. The van der Waals surface area contributed by atoms with Crippen LogP contribution in [0.4, 0.5) is 5.69 Å². The van der Waals surface area contributed by atoms with E-state index in [1.165, 1.54) is 24.0 Å². The molecule has 20 heavy (non-hydrogen) atoms. The molecular formula is C17H24N2O. The monoisotopic (exact) mass is 272 g/mol. The van der Waals surface area contributed by atoms with E-state index in [1.54, 1.807) is 0 Å². The molecule has 2 N–H and O–H groups in total. The summed E-state index contributed by atoms with van der Waals surface area (Å²) in [4.78, 5) is 14.9. The van der Waals surface area contributed by atoms with Crippen molar-refractivity contribution in [3.8, 4) is 0 Å². The number of carbonyl (C=O) groups is 1. The van der Waals surface area contributed by atoms with E-state index < -0.39 is 0 Å². The Hall–Kier alpha value is -1.51. The molecule has 1 aliphatic heterocycles. The zero-order valence-electron chi connectivity index (χ0n) is 12.5. The van der Waals surface area contributed by atoms with Crippen LogP contribution in [0.5, 0.6) is 0 Å². The van der Waals surface area contributed by atoms with Crippen molar-refractivity contribution in [2.45, 2.75) is 52.6 Å². The Morgan fingerprint density at radius 2 is 2.00 bits per heavy atom. The smallest absolute Gasteiger partial charge is 0.226 e. The minimum absolute atomic E-state index is 0.142. The summed E-state index contributed by atoms with van der Waals surface area (Å²) in [5.41, 5.74) is 9.23. The van der Waals surface area contributed by atoms with Crippen molar-refractivity contribution in [2.75, 3.05) is 5.73 Å². The predicted molar refractivity (Wildman–Crippen MR) is 80.8 cm³/mol. The zero-order chi connectivity index (χ0) is 14.3. The van der Waals surface area contributed by atoms with Gasteiger partial charge in [0.1, 0.15) is 0 Å². The quantitative estimate of drug-likeness (QED) is 0.797. The minimum Gasteiger partial charge on any atom is -0.399 e. The van der Waals surface area contributed by atoms with Gasteiger partial charge in [-0.1, -0.05) is 32.8 Å². The lowest BCUT2D eigenvalue weighted by atomic mass is 9.68. The molecule has 1 aromatic rings. The van der Waals surface area contributed by atoms with Crippen LogP contribution in [0, 0.1) is 11.3 Å².